The summed E-state index contributed by atoms with van der Waals surface area (Å²) >= 11 is 0. The number of carbonyl (C=O) groups is 2. The van der Waals surface area contributed by atoms with Crippen LogP contribution in [0.15, 0.2) is 24.3 Å². The Bertz CT molecular complexity index is 730. The number of likely N-dealkylation sites (tertiary alicyclic amines) is 1. The van der Waals surface area contributed by atoms with E-state index in [2.05, 4.69) is 48.3 Å². The molecule has 1 N–H and O–H groups in total. The minimum atomic E-state index is 0.145. The zero-order valence-corrected chi connectivity index (χ0v) is 17.4. The average Bonchev–Trinajstić information content (AvgIpc) is 3.46. The molecule has 0 unspecified atom stereocenters. The van der Waals surface area contributed by atoms with Crippen LogP contribution < -0.4 is 5.32 Å². The van der Waals surface area contributed by atoms with Gasteiger partial charge in [-0.25, -0.2) is 0 Å². The zero-order chi connectivity index (χ0) is 19.7. The largest absolute Gasteiger partial charge is 0.356 e. The number of benzene rings is 1. The maximum absolute atomic E-state index is 12.5. The fourth-order valence-corrected chi connectivity index (χ4v) is 5.22. The van der Waals surface area contributed by atoms with Crippen molar-refractivity contribution in [3.8, 4) is 0 Å². The van der Waals surface area contributed by atoms with Crippen LogP contribution in [0.25, 0.3) is 0 Å². The van der Waals surface area contributed by atoms with Gasteiger partial charge in [-0.1, -0.05) is 38.1 Å². The molecule has 1 aliphatic heterocycles. The summed E-state index contributed by atoms with van der Waals surface area (Å²) in [4.78, 5) is 27.0. The van der Waals surface area contributed by atoms with Gasteiger partial charge in [0.15, 0.2) is 0 Å². The lowest BCUT2D eigenvalue weighted by Gasteiger charge is -2.40. The molecule has 1 aromatic carbocycles. The first-order valence-corrected chi connectivity index (χ1v) is 11.1. The number of nitrogens with one attached hydrogen (secondary N) is 1. The minimum absolute atomic E-state index is 0.145. The van der Waals surface area contributed by atoms with Crippen molar-refractivity contribution in [2.24, 2.45) is 11.8 Å². The Kier molecular flexibility index (Phi) is 5.48. The molecular weight excluding hydrogens is 348 g/mol. The van der Waals surface area contributed by atoms with Crippen LogP contribution in [0.1, 0.15) is 75.8 Å². The first-order valence-electron chi connectivity index (χ1n) is 11.1. The van der Waals surface area contributed by atoms with Crippen molar-refractivity contribution >= 4 is 11.8 Å². The van der Waals surface area contributed by atoms with Crippen molar-refractivity contribution in [3.05, 3.63) is 35.4 Å². The molecule has 4 rings (SSSR count). The maximum Gasteiger partial charge on any atom is 0.222 e. The molecule has 4 heteroatoms. The fraction of sp³-hybridized carbons (Fsp3) is 0.667. The highest BCUT2D eigenvalue weighted by Crippen LogP contribution is 2.52. The number of hydrogen-bond donors (Lipinski definition) is 1. The number of carbonyl (C=O) groups excluding carboxylic acids is 2. The standard InChI is InChI=1S/C24H34N2O2/c1-17(2)13-23(28)26-11-9-24(10-12-26)15-19(20-5-3-4-6-21(20)24)14-22(27)25-16-18-7-8-18/h3-6,17-19H,7-16H2,1-2H3,(H,25,27)/t19-/m0/s1. The van der Waals surface area contributed by atoms with E-state index >= 15 is 0 Å². The van der Waals surface area contributed by atoms with Crippen LogP contribution in [0.3, 0.4) is 0 Å². The van der Waals surface area contributed by atoms with E-state index in [1.165, 1.54) is 24.0 Å². The molecule has 1 saturated heterocycles. The van der Waals surface area contributed by atoms with Crippen molar-refractivity contribution in [3.63, 3.8) is 0 Å². The molecule has 1 heterocycles. The molecule has 0 aromatic heterocycles. The van der Waals surface area contributed by atoms with E-state index < -0.39 is 0 Å². The van der Waals surface area contributed by atoms with Crippen molar-refractivity contribution in [2.45, 2.75) is 70.1 Å². The van der Waals surface area contributed by atoms with Crippen molar-refractivity contribution in [2.75, 3.05) is 19.6 Å². The van der Waals surface area contributed by atoms with Crippen LogP contribution in [0.5, 0.6) is 0 Å². The van der Waals surface area contributed by atoms with Crippen LogP contribution in [-0.2, 0) is 15.0 Å². The molecule has 1 spiro atoms. The highest BCUT2D eigenvalue weighted by atomic mass is 16.2. The maximum atomic E-state index is 12.5. The predicted octanol–water partition coefficient (Wildman–Crippen LogP) is 4.00. The molecule has 2 aliphatic carbocycles. The van der Waals surface area contributed by atoms with Crippen LogP contribution in [0.2, 0.25) is 0 Å². The van der Waals surface area contributed by atoms with Crippen LogP contribution in [0.4, 0.5) is 0 Å². The lowest BCUT2D eigenvalue weighted by molar-refractivity contribution is -0.133. The van der Waals surface area contributed by atoms with Gasteiger partial charge in [0.25, 0.3) is 0 Å². The molecule has 1 aromatic rings. The van der Waals surface area contributed by atoms with Gasteiger partial charge in [0.2, 0.25) is 11.8 Å². The third-order valence-electron chi connectivity index (χ3n) is 6.98. The summed E-state index contributed by atoms with van der Waals surface area (Å²) in [6, 6.07) is 8.73. The molecule has 1 atom stereocenters. The SMILES string of the molecule is CC(C)CC(=O)N1CCC2(CC1)C[C@H](CC(=O)NCC1CC1)c1ccccc12. The minimum Gasteiger partial charge on any atom is -0.356 e. The summed E-state index contributed by atoms with van der Waals surface area (Å²) in [7, 11) is 0. The van der Waals surface area contributed by atoms with Gasteiger partial charge in [0, 0.05) is 32.5 Å². The first kappa shape index (κ1) is 19.5. The van der Waals surface area contributed by atoms with Crippen LogP contribution in [-0.4, -0.2) is 36.3 Å². The summed E-state index contributed by atoms with van der Waals surface area (Å²) < 4.78 is 0. The van der Waals surface area contributed by atoms with E-state index in [9.17, 15) is 9.59 Å². The summed E-state index contributed by atoms with van der Waals surface area (Å²) in [5.74, 6) is 1.95. The Morgan fingerprint density at radius 2 is 1.89 bits per heavy atom. The van der Waals surface area contributed by atoms with E-state index in [0.717, 1.165) is 44.8 Å². The van der Waals surface area contributed by atoms with Crippen molar-refractivity contribution < 1.29 is 9.59 Å². The molecule has 28 heavy (non-hydrogen) atoms. The van der Waals surface area contributed by atoms with E-state index in [-0.39, 0.29) is 11.3 Å². The van der Waals surface area contributed by atoms with Gasteiger partial charge in [-0.3, -0.25) is 9.59 Å². The molecule has 0 radical (unpaired) electrons. The molecule has 1 saturated carbocycles. The monoisotopic (exact) mass is 382 g/mol. The van der Waals surface area contributed by atoms with Gasteiger partial charge < -0.3 is 10.2 Å². The van der Waals surface area contributed by atoms with Crippen molar-refractivity contribution in [1.29, 1.82) is 0 Å². The fourth-order valence-electron chi connectivity index (χ4n) is 5.22. The molecule has 2 fully saturated rings. The van der Waals surface area contributed by atoms with Gasteiger partial charge in [-0.15, -0.1) is 0 Å². The van der Waals surface area contributed by atoms with Crippen LogP contribution >= 0.6 is 0 Å². The second kappa shape index (κ2) is 7.88. The summed E-state index contributed by atoms with van der Waals surface area (Å²) in [5, 5.41) is 3.14. The first-order chi connectivity index (χ1) is 13.5. The smallest absolute Gasteiger partial charge is 0.222 e. The molecule has 4 nitrogen and oxygen atoms in total. The Morgan fingerprint density at radius 1 is 1.18 bits per heavy atom. The molecule has 152 valence electrons. The van der Waals surface area contributed by atoms with E-state index in [0.29, 0.717) is 30.6 Å². The lowest BCUT2D eigenvalue weighted by Crippen LogP contribution is -2.44. The number of amides is 2. The van der Waals surface area contributed by atoms with E-state index in [1.54, 1.807) is 0 Å². The number of hydrogen-bond acceptors (Lipinski definition) is 2. The molecule has 2 amide bonds. The van der Waals surface area contributed by atoms with Gasteiger partial charge in [-0.2, -0.15) is 0 Å². The topological polar surface area (TPSA) is 49.4 Å². The third-order valence-corrected chi connectivity index (χ3v) is 6.98. The Hall–Kier alpha value is -1.84. The number of fused-ring (bicyclic) bond motifs is 2. The van der Waals surface area contributed by atoms with Gasteiger partial charge in [0.1, 0.15) is 0 Å². The number of rotatable bonds is 6. The highest BCUT2D eigenvalue weighted by molar-refractivity contribution is 5.78. The summed E-state index contributed by atoms with van der Waals surface area (Å²) in [5.41, 5.74) is 2.95. The average molecular weight is 383 g/mol. The summed E-state index contributed by atoms with van der Waals surface area (Å²) in [6.07, 6.45) is 6.87. The van der Waals surface area contributed by atoms with Crippen molar-refractivity contribution in [1.82, 2.24) is 10.2 Å². The van der Waals surface area contributed by atoms with Gasteiger partial charge in [-0.05, 0) is 66.4 Å². The summed E-state index contributed by atoms with van der Waals surface area (Å²) in [6.45, 7) is 6.76. The zero-order valence-electron chi connectivity index (χ0n) is 17.4. The van der Waals surface area contributed by atoms with Gasteiger partial charge >= 0.3 is 0 Å². The molecule has 3 aliphatic rings. The van der Waals surface area contributed by atoms with Crippen LogP contribution in [0, 0.1) is 11.8 Å². The van der Waals surface area contributed by atoms with E-state index in [1.807, 2.05) is 0 Å². The second-order valence-electron chi connectivity index (χ2n) is 9.70. The Labute approximate surface area is 169 Å². The second-order valence-corrected chi connectivity index (χ2v) is 9.70. The van der Waals surface area contributed by atoms with Gasteiger partial charge in [0.05, 0.1) is 0 Å². The normalized spacial score (nSPS) is 23.1. The quantitative estimate of drug-likeness (QED) is 0.808. The number of piperidine rings is 1. The predicted molar refractivity (Wildman–Crippen MR) is 111 cm³/mol. The third kappa shape index (κ3) is 4.11. The molecule has 0 bridgehead atoms. The number of nitrogens with zero attached hydrogens (tertiary/aromatic N) is 1. The lowest BCUT2D eigenvalue weighted by atomic mass is 9.73. The Balaban J connectivity index is 1.42. The van der Waals surface area contributed by atoms with E-state index in [4.69, 9.17) is 0 Å². The molecular formula is C24H34N2O2. The highest BCUT2D eigenvalue weighted by Gasteiger charge is 2.46. The Morgan fingerprint density at radius 3 is 2.57 bits per heavy atom.